The maximum atomic E-state index is 14.6. The number of methoxy groups -OCH3 is 1. The molecule has 0 bridgehead atoms. The molecular formula is C36H39BrClN3O5S. The van der Waals surface area contributed by atoms with Crippen molar-refractivity contribution in [1.29, 1.82) is 0 Å². The number of halogens is 2. The number of sulfonamides is 1. The summed E-state index contributed by atoms with van der Waals surface area (Å²) in [5.41, 5.74) is 2.85. The van der Waals surface area contributed by atoms with E-state index in [1.807, 2.05) is 44.2 Å². The van der Waals surface area contributed by atoms with E-state index in [1.165, 1.54) is 24.1 Å². The number of hydrogen-bond acceptors (Lipinski definition) is 5. The molecule has 4 aromatic carbocycles. The molecule has 248 valence electrons. The SMILES string of the molecule is CCCCNC(=O)[C@@H](Cc1ccccc1)N(Cc1ccc(Cl)cc1)C(=O)CN(c1ccc(C)cc1)S(=O)(=O)c1ccc(OC)c(Br)c1. The molecular weight excluding hydrogens is 702 g/mol. The fourth-order valence-electron chi connectivity index (χ4n) is 5.02. The van der Waals surface area contributed by atoms with Crippen LogP contribution in [-0.2, 0) is 32.6 Å². The Bertz CT molecular complexity index is 1750. The van der Waals surface area contributed by atoms with E-state index in [0.717, 1.165) is 33.8 Å². The topological polar surface area (TPSA) is 96.0 Å². The minimum Gasteiger partial charge on any atom is -0.496 e. The Morgan fingerprint density at radius 3 is 2.23 bits per heavy atom. The molecule has 2 amide bonds. The molecule has 0 aliphatic rings. The number of nitrogens with zero attached hydrogens (tertiary/aromatic N) is 2. The first-order chi connectivity index (χ1) is 22.5. The second-order valence-electron chi connectivity index (χ2n) is 11.1. The van der Waals surface area contributed by atoms with Gasteiger partial charge in [-0.1, -0.05) is 85.1 Å². The quantitative estimate of drug-likeness (QED) is 0.131. The Kier molecular flexibility index (Phi) is 12.9. The van der Waals surface area contributed by atoms with Crippen molar-refractivity contribution in [2.45, 2.75) is 50.6 Å². The lowest BCUT2D eigenvalue weighted by molar-refractivity contribution is -0.140. The molecule has 4 rings (SSSR count). The van der Waals surface area contributed by atoms with Crippen LogP contribution in [0.1, 0.15) is 36.5 Å². The summed E-state index contributed by atoms with van der Waals surface area (Å²) in [5.74, 6) is -0.384. The first-order valence-electron chi connectivity index (χ1n) is 15.3. The number of aryl methyl sites for hydroxylation is 1. The lowest BCUT2D eigenvalue weighted by atomic mass is 10.0. The van der Waals surface area contributed by atoms with Crippen molar-refractivity contribution < 1.29 is 22.7 Å². The molecule has 1 N–H and O–H groups in total. The molecule has 0 saturated heterocycles. The van der Waals surface area contributed by atoms with Crippen LogP contribution >= 0.6 is 27.5 Å². The van der Waals surface area contributed by atoms with Gasteiger partial charge in [0.2, 0.25) is 11.8 Å². The van der Waals surface area contributed by atoms with Gasteiger partial charge in [-0.25, -0.2) is 8.42 Å². The van der Waals surface area contributed by atoms with E-state index in [4.69, 9.17) is 16.3 Å². The first kappa shape index (κ1) is 36.0. The predicted octanol–water partition coefficient (Wildman–Crippen LogP) is 7.17. The van der Waals surface area contributed by atoms with Gasteiger partial charge in [-0.3, -0.25) is 13.9 Å². The van der Waals surface area contributed by atoms with Gasteiger partial charge in [-0.2, -0.15) is 0 Å². The van der Waals surface area contributed by atoms with Gasteiger partial charge in [0.05, 0.1) is 22.2 Å². The van der Waals surface area contributed by atoms with E-state index in [9.17, 15) is 18.0 Å². The van der Waals surface area contributed by atoms with Crippen LogP contribution < -0.4 is 14.4 Å². The second kappa shape index (κ2) is 16.8. The zero-order valence-corrected chi connectivity index (χ0v) is 29.8. The summed E-state index contributed by atoms with van der Waals surface area (Å²) >= 11 is 9.55. The highest BCUT2D eigenvalue weighted by Gasteiger charge is 2.34. The summed E-state index contributed by atoms with van der Waals surface area (Å²) in [6.45, 7) is 3.90. The van der Waals surface area contributed by atoms with E-state index >= 15 is 0 Å². The fraction of sp³-hybridized carbons (Fsp3) is 0.278. The van der Waals surface area contributed by atoms with Crippen molar-refractivity contribution >= 4 is 55.1 Å². The molecule has 1 atom stereocenters. The minimum atomic E-state index is -4.26. The number of benzene rings is 4. The number of hydrogen-bond donors (Lipinski definition) is 1. The molecule has 0 aliphatic heterocycles. The Morgan fingerprint density at radius 1 is 0.936 bits per heavy atom. The minimum absolute atomic E-state index is 0.0269. The number of carbonyl (C=O) groups excluding carboxylic acids is 2. The van der Waals surface area contributed by atoms with Gasteiger partial charge < -0.3 is 15.0 Å². The molecule has 0 spiro atoms. The van der Waals surface area contributed by atoms with Crippen molar-refractivity contribution in [3.8, 4) is 5.75 Å². The molecule has 0 radical (unpaired) electrons. The molecule has 47 heavy (non-hydrogen) atoms. The van der Waals surface area contributed by atoms with Gasteiger partial charge in [0.15, 0.2) is 0 Å². The van der Waals surface area contributed by atoms with Crippen molar-refractivity contribution in [3.05, 3.63) is 123 Å². The number of nitrogens with one attached hydrogen (secondary N) is 1. The average molecular weight is 741 g/mol. The molecule has 0 aromatic heterocycles. The van der Waals surface area contributed by atoms with Crippen LogP contribution in [0, 0.1) is 6.92 Å². The summed E-state index contributed by atoms with van der Waals surface area (Å²) in [5, 5.41) is 3.53. The summed E-state index contributed by atoms with van der Waals surface area (Å²) in [4.78, 5) is 29.9. The van der Waals surface area contributed by atoms with Crippen LogP contribution in [0.3, 0.4) is 0 Å². The van der Waals surface area contributed by atoms with Crippen molar-refractivity contribution in [3.63, 3.8) is 0 Å². The third-order valence-electron chi connectivity index (χ3n) is 7.68. The lowest BCUT2D eigenvalue weighted by Crippen LogP contribution is -2.53. The van der Waals surface area contributed by atoms with E-state index in [0.29, 0.717) is 27.5 Å². The lowest BCUT2D eigenvalue weighted by Gasteiger charge is -2.34. The number of ether oxygens (including phenoxy) is 1. The first-order valence-corrected chi connectivity index (χ1v) is 17.9. The zero-order valence-electron chi connectivity index (χ0n) is 26.7. The highest BCUT2D eigenvalue weighted by Crippen LogP contribution is 2.31. The van der Waals surface area contributed by atoms with Crippen LogP contribution in [-0.4, -0.2) is 51.4 Å². The Morgan fingerprint density at radius 2 is 1.62 bits per heavy atom. The highest BCUT2D eigenvalue weighted by molar-refractivity contribution is 9.10. The molecule has 0 unspecified atom stereocenters. The monoisotopic (exact) mass is 739 g/mol. The molecule has 8 nitrogen and oxygen atoms in total. The van der Waals surface area contributed by atoms with Gasteiger partial charge in [0.25, 0.3) is 10.0 Å². The van der Waals surface area contributed by atoms with Crippen molar-refractivity contribution in [1.82, 2.24) is 10.2 Å². The Balaban J connectivity index is 1.79. The third kappa shape index (κ3) is 9.59. The number of rotatable bonds is 15. The largest absolute Gasteiger partial charge is 0.496 e. The van der Waals surface area contributed by atoms with E-state index < -0.39 is 28.5 Å². The van der Waals surface area contributed by atoms with Gasteiger partial charge in [-0.15, -0.1) is 0 Å². The van der Waals surface area contributed by atoms with Crippen LogP contribution in [0.5, 0.6) is 5.75 Å². The summed E-state index contributed by atoms with van der Waals surface area (Å²) in [6.07, 6.45) is 1.91. The molecule has 0 saturated carbocycles. The van der Waals surface area contributed by atoms with Crippen LogP contribution in [0.4, 0.5) is 5.69 Å². The number of carbonyl (C=O) groups is 2. The standard InChI is InChI=1S/C36H39BrClN3O5S/c1-4-5-21-39-36(43)33(22-27-9-7-6-8-10-27)40(24-28-13-15-29(38)16-14-28)35(42)25-41(30-17-11-26(2)12-18-30)47(44,45)31-19-20-34(46-3)32(37)23-31/h6-20,23,33H,4-5,21-22,24-25H2,1-3H3,(H,39,43)/t33-/m1/s1. The van der Waals surface area contributed by atoms with Gasteiger partial charge >= 0.3 is 0 Å². The molecule has 4 aromatic rings. The fourth-order valence-corrected chi connectivity index (χ4v) is 7.28. The molecule has 0 heterocycles. The second-order valence-corrected chi connectivity index (χ2v) is 14.3. The van der Waals surface area contributed by atoms with Gasteiger partial charge in [0.1, 0.15) is 18.3 Å². The number of anilines is 1. The molecule has 0 aliphatic carbocycles. The number of unbranched alkanes of at least 4 members (excludes halogenated alkanes) is 1. The van der Waals surface area contributed by atoms with E-state index in [1.54, 1.807) is 54.6 Å². The summed E-state index contributed by atoms with van der Waals surface area (Å²) < 4.78 is 35.4. The predicted molar refractivity (Wildman–Crippen MR) is 190 cm³/mol. The van der Waals surface area contributed by atoms with Crippen LogP contribution in [0.2, 0.25) is 5.02 Å². The summed E-state index contributed by atoms with van der Waals surface area (Å²) in [7, 11) is -2.77. The Labute approximate surface area is 290 Å². The Hall–Kier alpha value is -3.86. The van der Waals surface area contributed by atoms with Crippen LogP contribution in [0.15, 0.2) is 106 Å². The maximum Gasteiger partial charge on any atom is 0.264 e. The van der Waals surface area contributed by atoms with Crippen molar-refractivity contribution in [2.75, 3.05) is 24.5 Å². The van der Waals surface area contributed by atoms with Crippen LogP contribution in [0.25, 0.3) is 0 Å². The highest BCUT2D eigenvalue weighted by atomic mass is 79.9. The zero-order chi connectivity index (χ0) is 34.0. The normalized spacial score (nSPS) is 11.9. The molecule has 11 heteroatoms. The third-order valence-corrected chi connectivity index (χ3v) is 10.3. The van der Waals surface area contributed by atoms with Gasteiger partial charge in [0, 0.05) is 24.5 Å². The maximum absolute atomic E-state index is 14.6. The number of amides is 2. The molecule has 0 fully saturated rings. The van der Waals surface area contributed by atoms with Crippen molar-refractivity contribution in [2.24, 2.45) is 0 Å². The van der Waals surface area contributed by atoms with Gasteiger partial charge in [-0.05, 0) is 82.9 Å². The average Bonchev–Trinajstić information content (AvgIpc) is 3.07. The summed E-state index contributed by atoms with van der Waals surface area (Å²) in [6, 6.07) is 26.9. The van der Waals surface area contributed by atoms with E-state index in [2.05, 4.69) is 21.2 Å². The van der Waals surface area contributed by atoms with E-state index in [-0.39, 0.29) is 23.8 Å². The smallest absolute Gasteiger partial charge is 0.264 e.